The molecule has 2 amide bonds. The largest absolute Gasteiger partial charge is 0.434 e. The van der Waals surface area contributed by atoms with Gasteiger partial charge in [0.25, 0.3) is 5.91 Å². The number of likely N-dealkylation sites (N-methyl/N-ethyl adjacent to an activating group) is 2. The van der Waals surface area contributed by atoms with Crippen LogP contribution in [0, 0.1) is 0 Å². The molecular weight excluding hydrogens is 508 g/mol. The van der Waals surface area contributed by atoms with Crippen molar-refractivity contribution in [3.63, 3.8) is 0 Å². The van der Waals surface area contributed by atoms with Crippen molar-refractivity contribution >= 4 is 34.9 Å². The molecule has 13 heteroatoms. The first-order valence-electron chi connectivity index (χ1n) is 11.6. The van der Waals surface area contributed by atoms with Crippen LogP contribution < -0.4 is 15.4 Å². The predicted octanol–water partition coefficient (Wildman–Crippen LogP) is 2.71. The van der Waals surface area contributed by atoms with Gasteiger partial charge in [0.15, 0.2) is 0 Å². The van der Waals surface area contributed by atoms with Gasteiger partial charge in [0, 0.05) is 57.1 Å². The topological polar surface area (TPSA) is 104 Å². The zero-order valence-electron chi connectivity index (χ0n) is 21.1. The third kappa shape index (κ3) is 7.04. The molecule has 0 unspecified atom stereocenters. The van der Waals surface area contributed by atoms with Gasteiger partial charge in [-0.2, -0.15) is 13.9 Å². The molecule has 2 aromatic rings. The van der Waals surface area contributed by atoms with Gasteiger partial charge in [0.1, 0.15) is 23.8 Å². The first-order chi connectivity index (χ1) is 17.7. The van der Waals surface area contributed by atoms with Crippen LogP contribution in [0.2, 0.25) is 5.02 Å². The Labute approximate surface area is 218 Å². The number of halogens is 3. The summed E-state index contributed by atoms with van der Waals surface area (Å²) in [4.78, 5) is 34.0. The molecule has 2 N–H and O–H groups in total. The maximum atomic E-state index is 13.1. The third-order valence-electron chi connectivity index (χ3n) is 5.82. The monoisotopic (exact) mass is 537 g/mol. The Morgan fingerprint density at radius 2 is 1.97 bits per heavy atom. The number of carbonyl (C=O) groups excluding carboxylic acids is 2. The van der Waals surface area contributed by atoms with Gasteiger partial charge in [-0.3, -0.25) is 19.3 Å². The van der Waals surface area contributed by atoms with Crippen LogP contribution in [0.15, 0.2) is 41.0 Å². The van der Waals surface area contributed by atoms with E-state index >= 15 is 0 Å². The summed E-state index contributed by atoms with van der Waals surface area (Å²) in [5, 5.41) is 10.3. The molecule has 37 heavy (non-hydrogen) atoms. The number of hydrogen-bond acceptors (Lipinski definition) is 6. The Kier molecular flexibility index (Phi) is 9.59. The summed E-state index contributed by atoms with van der Waals surface area (Å²) in [5.41, 5.74) is 0.692. The summed E-state index contributed by atoms with van der Waals surface area (Å²) in [6.45, 7) is 1.17. The first-order valence-corrected chi connectivity index (χ1v) is 12.0. The molecule has 0 radical (unpaired) electrons. The van der Waals surface area contributed by atoms with E-state index in [9.17, 15) is 18.4 Å². The van der Waals surface area contributed by atoms with Crippen molar-refractivity contribution in [1.82, 2.24) is 24.9 Å². The summed E-state index contributed by atoms with van der Waals surface area (Å²) in [5.74, 6) is -0.492. The van der Waals surface area contributed by atoms with Crippen LogP contribution in [0.1, 0.15) is 6.92 Å². The molecule has 200 valence electrons. The highest BCUT2D eigenvalue weighted by Crippen LogP contribution is 2.37. The van der Waals surface area contributed by atoms with Gasteiger partial charge in [0.05, 0.1) is 11.3 Å². The average molecular weight is 538 g/mol. The average Bonchev–Trinajstić information content (AvgIpc) is 3.24. The summed E-state index contributed by atoms with van der Waals surface area (Å²) in [7, 11) is 5.16. The molecule has 0 bridgehead atoms. The molecule has 1 aliphatic rings. The molecule has 0 spiro atoms. The van der Waals surface area contributed by atoms with Crippen LogP contribution in [-0.2, 0) is 16.1 Å². The minimum absolute atomic E-state index is 0.104. The number of nitrogens with zero attached hydrogens (tertiary/aromatic N) is 5. The summed E-state index contributed by atoms with van der Waals surface area (Å²) < 4.78 is 32.3. The maximum Gasteiger partial charge on any atom is 0.387 e. The molecule has 1 aromatic heterocycles. The molecule has 1 aromatic carbocycles. The van der Waals surface area contributed by atoms with Gasteiger partial charge in [-0.15, -0.1) is 0 Å². The van der Waals surface area contributed by atoms with Crippen LogP contribution >= 0.6 is 11.6 Å². The first kappa shape index (κ1) is 28.1. The zero-order chi connectivity index (χ0) is 27.1. The Bertz CT molecular complexity index is 1190. The SMILES string of the molecule is C/C=C(/C(=O)Nc1cn(CC(=O)N2CCN(C)CC2)nc1-c1cc(Cl)ccc1OC(F)F)C(=NC)NC. The normalized spacial score (nSPS) is 15.2. The predicted molar refractivity (Wildman–Crippen MR) is 138 cm³/mol. The second-order valence-corrected chi connectivity index (χ2v) is 8.71. The van der Waals surface area contributed by atoms with E-state index < -0.39 is 12.5 Å². The standard InChI is InChI=1S/C24H30ClF2N7O3/c1-5-16(22(28-2)29-3)23(36)30-18-13-34(14-20(35)33-10-8-32(4)9-11-33)31-21(18)17-12-15(25)6-7-19(17)37-24(26)27/h5-7,12-13,24H,8-11,14H2,1-4H3,(H,28,29)(H,30,36)/b16-5+. The van der Waals surface area contributed by atoms with Crippen molar-refractivity contribution in [3.05, 3.63) is 41.1 Å². The van der Waals surface area contributed by atoms with Crippen molar-refractivity contribution < 1.29 is 23.1 Å². The highest BCUT2D eigenvalue weighted by Gasteiger charge is 2.24. The number of allylic oxidation sites excluding steroid dienone is 1. The zero-order valence-corrected chi connectivity index (χ0v) is 21.9. The lowest BCUT2D eigenvalue weighted by molar-refractivity contribution is -0.133. The van der Waals surface area contributed by atoms with E-state index in [2.05, 4.69) is 30.4 Å². The van der Waals surface area contributed by atoms with Crippen molar-refractivity contribution in [2.24, 2.45) is 4.99 Å². The lowest BCUT2D eigenvalue weighted by Crippen LogP contribution is -2.48. The van der Waals surface area contributed by atoms with E-state index in [1.807, 2.05) is 7.05 Å². The minimum Gasteiger partial charge on any atom is -0.434 e. The fraction of sp³-hybridized carbons (Fsp3) is 0.417. The summed E-state index contributed by atoms with van der Waals surface area (Å²) in [6, 6.07) is 4.11. The van der Waals surface area contributed by atoms with Crippen LogP contribution in [0.3, 0.4) is 0 Å². The van der Waals surface area contributed by atoms with Gasteiger partial charge in [0.2, 0.25) is 5.91 Å². The molecule has 0 saturated carbocycles. The second-order valence-electron chi connectivity index (χ2n) is 8.27. The number of nitrogens with one attached hydrogen (secondary N) is 2. The van der Waals surface area contributed by atoms with Crippen LogP contribution in [0.25, 0.3) is 11.3 Å². The molecule has 10 nitrogen and oxygen atoms in total. The van der Waals surface area contributed by atoms with Crippen LogP contribution in [0.5, 0.6) is 5.75 Å². The number of piperazine rings is 1. The third-order valence-corrected chi connectivity index (χ3v) is 6.06. The Balaban J connectivity index is 2.00. The summed E-state index contributed by atoms with van der Waals surface area (Å²) >= 11 is 6.16. The molecule has 1 saturated heterocycles. The van der Waals surface area contributed by atoms with Crippen molar-refractivity contribution in [3.8, 4) is 17.0 Å². The smallest absolute Gasteiger partial charge is 0.387 e. The fourth-order valence-electron chi connectivity index (χ4n) is 3.91. The molecule has 2 heterocycles. The highest BCUT2D eigenvalue weighted by atomic mass is 35.5. The van der Waals surface area contributed by atoms with Gasteiger partial charge in [-0.05, 0) is 32.2 Å². The molecule has 3 rings (SSSR count). The Morgan fingerprint density at radius 1 is 1.27 bits per heavy atom. The quantitative estimate of drug-likeness (QED) is 0.305. The second kappa shape index (κ2) is 12.6. The van der Waals surface area contributed by atoms with E-state index in [0.717, 1.165) is 13.1 Å². The van der Waals surface area contributed by atoms with Gasteiger partial charge in [-0.25, -0.2) is 0 Å². The van der Waals surface area contributed by atoms with Gasteiger partial charge >= 0.3 is 6.61 Å². The maximum absolute atomic E-state index is 13.1. The van der Waals surface area contributed by atoms with E-state index in [1.165, 1.54) is 36.1 Å². The fourth-order valence-corrected chi connectivity index (χ4v) is 4.08. The van der Waals surface area contributed by atoms with Crippen molar-refractivity contribution in [1.29, 1.82) is 0 Å². The Hall–Kier alpha value is -3.51. The number of carbonyl (C=O) groups is 2. The van der Waals surface area contributed by atoms with Gasteiger partial charge < -0.3 is 25.2 Å². The highest BCUT2D eigenvalue weighted by molar-refractivity contribution is 6.31. The van der Waals surface area contributed by atoms with Crippen LogP contribution in [-0.4, -0.2) is 91.2 Å². The van der Waals surface area contributed by atoms with Crippen molar-refractivity contribution in [2.75, 3.05) is 52.6 Å². The van der Waals surface area contributed by atoms with Crippen molar-refractivity contribution in [2.45, 2.75) is 20.1 Å². The van der Waals surface area contributed by atoms with E-state index in [4.69, 9.17) is 11.6 Å². The Morgan fingerprint density at radius 3 is 2.57 bits per heavy atom. The minimum atomic E-state index is -3.09. The number of amidine groups is 1. The van der Waals surface area contributed by atoms with Crippen LogP contribution in [0.4, 0.5) is 14.5 Å². The molecule has 0 aliphatic carbocycles. The van der Waals surface area contributed by atoms with Gasteiger partial charge in [-0.1, -0.05) is 17.7 Å². The molecule has 1 fully saturated rings. The number of aliphatic imine (C=N–C) groups is 1. The van der Waals surface area contributed by atoms with E-state index in [-0.39, 0.29) is 45.7 Å². The molecular formula is C24H30ClF2N7O3. The number of anilines is 1. The number of hydrogen-bond donors (Lipinski definition) is 2. The summed E-state index contributed by atoms with van der Waals surface area (Å²) in [6.07, 6.45) is 3.06. The van der Waals surface area contributed by atoms with E-state index in [1.54, 1.807) is 24.9 Å². The molecule has 0 atom stereocenters. The number of amides is 2. The number of ether oxygens (including phenoxy) is 1. The number of aromatic nitrogens is 2. The lowest BCUT2D eigenvalue weighted by Gasteiger charge is -2.32. The molecule has 1 aliphatic heterocycles. The number of benzene rings is 1. The number of alkyl halides is 2. The lowest BCUT2D eigenvalue weighted by atomic mass is 10.1. The number of rotatable bonds is 8. The van der Waals surface area contributed by atoms with E-state index in [0.29, 0.717) is 18.9 Å².